The Labute approximate surface area is 129 Å². The number of piperazine rings is 1. The van der Waals surface area contributed by atoms with Gasteiger partial charge in [0.15, 0.2) is 0 Å². The van der Waals surface area contributed by atoms with Crippen LogP contribution in [0.2, 0.25) is 0 Å². The maximum Gasteiger partial charge on any atom is 0.251 e. The second-order valence-electron chi connectivity index (χ2n) is 5.62. The number of rotatable bonds is 5. The molecule has 1 saturated heterocycles. The van der Waals surface area contributed by atoms with E-state index in [9.17, 15) is 13.6 Å². The maximum absolute atomic E-state index is 12.6. The molecule has 0 radical (unpaired) electrons. The number of halogens is 2. The van der Waals surface area contributed by atoms with Crippen molar-refractivity contribution in [3.8, 4) is 0 Å². The van der Waals surface area contributed by atoms with Gasteiger partial charge in [-0.15, -0.1) is 0 Å². The van der Waals surface area contributed by atoms with Crippen LogP contribution in [0.15, 0.2) is 30.3 Å². The first-order chi connectivity index (χ1) is 10.5. The molecule has 1 aliphatic heterocycles. The third kappa shape index (κ3) is 4.01. The fourth-order valence-electron chi connectivity index (χ4n) is 2.90. The number of alkyl halides is 2. The number of carbonyl (C=O) groups excluding carboxylic acids is 1. The van der Waals surface area contributed by atoms with Gasteiger partial charge in [-0.1, -0.05) is 37.3 Å². The summed E-state index contributed by atoms with van der Waals surface area (Å²) in [7, 11) is 0. The summed E-state index contributed by atoms with van der Waals surface area (Å²) in [5, 5.41) is 0. The summed E-state index contributed by atoms with van der Waals surface area (Å²) < 4.78 is 25.2. The molecule has 2 atom stereocenters. The van der Waals surface area contributed by atoms with Gasteiger partial charge in [-0.2, -0.15) is 0 Å². The molecule has 0 bridgehead atoms. The van der Waals surface area contributed by atoms with Crippen molar-refractivity contribution in [3.63, 3.8) is 0 Å². The average molecular weight is 311 g/mol. The van der Waals surface area contributed by atoms with Crippen molar-refractivity contribution < 1.29 is 13.6 Å². The normalized spacial score (nSPS) is 21.1. The first kappa shape index (κ1) is 16.8. The molecule has 1 aromatic rings. The van der Waals surface area contributed by atoms with E-state index in [0.29, 0.717) is 19.6 Å². The standard InChI is InChI=1S/C16H23F2N3O/c1-2-13-10-21(9-8-20(13)11-14(17)18)16(22)15(19)12-6-4-3-5-7-12/h3-7,13-15H,2,8-11,19H2,1H3/t13-,15-/m1/s1. The highest BCUT2D eigenvalue weighted by Gasteiger charge is 2.32. The number of nitrogens with zero attached hydrogens (tertiary/aromatic N) is 2. The molecule has 0 saturated carbocycles. The molecule has 1 aliphatic rings. The highest BCUT2D eigenvalue weighted by molar-refractivity contribution is 5.83. The lowest BCUT2D eigenvalue weighted by Crippen LogP contribution is -2.56. The van der Waals surface area contributed by atoms with E-state index in [0.717, 1.165) is 12.0 Å². The lowest BCUT2D eigenvalue weighted by molar-refractivity contribution is -0.136. The van der Waals surface area contributed by atoms with Gasteiger partial charge in [0, 0.05) is 25.7 Å². The molecule has 1 heterocycles. The zero-order chi connectivity index (χ0) is 16.1. The van der Waals surface area contributed by atoms with Crippen LogP contribution in [0.25, 0.3) is 0 Å². The summed E-state index contributed by atoms with van der Waals surface area (Å²) in [4.78, 5) is 16.0. The molecule has 22 heavy (non-hydrogen) atoms. The fraction of sp³-hybridized carbons (Fsp3) is 0.562. The second-order valence-corrected chi connectivity index (χ2v) is 5.62. The highest BCUT2D eigenvalue weighted by Crippen LogP contribution is 2.19. The number of carbonyl (C=O) groups is 1. The first-order valence-corrected chi connectivity index (χ1v) is 7.64. The van der Waals surface area contributed by atoms with Crippen LogP contribution in [-0.2, 0) is 4.79 Å². The predicted octanol–water partition coefficient (Wildman–Crippen LogP) is 1.87. The van der Waals surface area contributed by atoms with Gasteiger partial charge in [0.2, 0.25) is 5.91 Å². The molecule has 1 fully saturated rings. The maximum atomic E-state index is 12.6. The van der Waals surface area contributed by atoms with Crippen LogP contribution in [-0.4, -0.2) is 54.4 Å². The van der Waals surface area contributed by atoms with Gasteiger partial charge in [-0.25, -0.2) is 8.78 Å². The molecule has 0 spiro atoms. The van der Waals surface area contributed by atoms with Crippen molar-refractivity contribution in [2.24, 2.45) is 5.73 Å². The van der Waals surface area contributed by atoms with Gasteiger partial charge < -0.3 is 10.6 Å². The minimum absolute atomic E-state index is 0.0327. The van der Waals surface area contributed by atoms with Crippen molar-refractivity contribution in [1.29, 1.82) is 0 Å². The SMILES string of the molecule is CC[C@@H]1CN(C(=O)[C@H](N)c2ccccc2)CCN1CC(F)F. The zero-order valence-electron chi connectivity index (χ0n) is 12.8. The van der Waals surface area contributed by atoms with Crippen LogP contribution in [0.1, 0.15) is 24.9 Å². The molecule has 0 unspecified atom stereocenters. The van der Waals surface area contributed by atoms with E-state index >= 15 is 0 Å². The summed E-state index contributed by atoms with van der Waals surface area (Å²) in [6.45, 7) is 3.10. The Morgan fingerprint density at radius 1 is 1.32 bits per heavy atom. The molecule has 1 amide bonds. The molecular weight excluding hydrogens is 288 g/mol. The van der Waals surface area contributed by atoms with E-state index in [1.807, 2.05) is 37.3 Å². The second kappa shape index (κ2) is 7.65. The van der Waals surface area contributed by atoms with Gasteiger partial charge in [-0.05, 0) is 12.0 Å². The Bertz CT molecular complexity index is 484. The molecule has 0 aliphatic carbocycles. The Kier molecular flexibility index (Phi) is 5.85. The van der Waals surface area contributed by atoms with Crippen LogP contribution in [0, 0.1) is 0 Å². The topological polar surface area (TPSA) is 49.6 Å². The average Bonchev–Trinajstić information content (AvgIpc) is 2.54. The quantitative estimate of drug-likeness (QED) is 0.903. The molecule has 6 heteroatoms. The number of hydrogen-bond donors (Lipinski definition) is 1. The Hall–Kier alpha value is -1.53. The van der Waals surface area contributed by atoms with E-state index in [4.69, 9.17) is 5.73 Å². The zero-order valence-corrected chi connectivity index (χ0v) is 12.8. The number of amides is 1. The third-order valence-electron chi connectivity index (χ3n) is 4.18. The van der Waals surface area contributed by atoms with E-state index < -0.39 is 12.5 Å². The van der Waals surface area contributed by atoms with Crippen LogP contribution < -0.4 is 5.73 Å². The van der Waals surface area contributed by atoms with Gasteiger partial charge in [0.25, 0.3) is 6.43 Å². The van der Waals surface area contributed by atoms with E-state index in [2.05, 4.69) is 0 Å². The largest absolute Gasteiger partial charge is 0.338 e. The van der Waals surface area contributed by atoms with Crippen molar-refractivity contribution in [2.75, 3.05) is 26.2 Å². The van der Waals surface area contributed by atoms with Crippen LogP contribution in [0.5, 0.6) is 0 Å². The predicted molar refractivity (Wildman–Crippen MR) is 81.6 cm³/mol. The summed E-state index contributed by atoms with van der Waals surface area (Å²) in [6.07, 6.45) is -1.61. The van der Waals surface area contributed by atoms with Crippen molar-refractivity contribution in [1.82, 2.24) is 9.80 Å². The number of nitrogens with two attached hydrogens (primary N) is 1. The highest BCUT2D eigenvalue weighted by atomic mass is 19.3. The van der Waals surface area contributed by atoms with Gasteiger partial charge in [0.05, 0.1) is 6.54 Å². The van der Waals surface area contributed by atoms with E-state index in [-0.39, 0.29) is 18.5 Å². The minimum Gasteiger partial charge on any atom is -0.338 e. The van der Waals surface area contributed by atoms with Crippen molar-refractivity contribution in [2.45, 2.75) is 31.9 Å². The summed E-state index contributed by atoms with van der Waals surface area (Å²) >= 11 is 0. The Morgan fingerprint density at radius 3 is 2.59 bits per heavy atom. The lowest BCUT2D eigenvalue weighted by Gasteiger charge is -2.41. The Balaban J connectivity index is 2.00. The van der Waals surface area contributed by atoms with Crippen LogP contribution in [0.4, 0.5) is 8.78 Å². The monoisotopic (exact) mass is 311 g/mol. The van der Waals surface area contributed by atoms with Crippen molar-refractivity contribution >= 4 is 5.91 Å². The number of benzene rings is 1. The third-order valence-corrected chi connectivity index (χ3v) is 4.18. The molecule has 2 N–H and O–H groups in total. The molecule has 1 aromatic carbocycles. The van der Waals surface area contributed by atoms with Gasteiger partial charge in [-0.3, -0.25) is 9.69 Å². The van der Waals surface area contributed by atoms with Crippen LogP contribution >= 0.6 is 0 Å². The minimum atomic E-state index is -2.34. The molecule has 4 nitrogen and oxygen atoms in total. The fourth-order valence-corrected chi connectivity index (χ4v) is 2.90. The van der Waals surface area contributed by atoms with Gasteiger partial charge in [0.1, 0.15) is 6.04 Å². The molecule has 0 aromatic heterocycles. The van der Waals surface area contributed by atoms with Gasteiger partial charge >= 0.3 is 0 Å². The molecule has 2 rings (SSSR count). The summed E-state index contributed by atoms with van der Waals surface area (Å²) in [5.41, 5.74) is 6.82. The van der Waals surface area contributed by atoms with E-state index in [1.54, 1.807) is 9.80 Å². The first-order valence-electron chi connectivity index (χ1n) is 7.64. The molecule has 122 valence electrons. The lowest BCUT2D eigenvalue weighted by atomic mass is 10.0. The van der Waals surface area contributed by atoms with Crippen molar-refractivity contribution in [3.05, 3.63) is 35.9 Å². The van der Waals surface area contributed by atoms with Crippen LogP contribution in [0.3, 0.4) is 0 Å². The molecular formula is C16H23F2N3O. The smallest absolute Gasteiger partial charge is 0.251 e. The summed E-state index contributed by atoms with van der Waals surface area (Å²) in [6, 6.07) is 8.49. The summed E-state index contributed by atoms with van der Waals surface area (Å²) in [5.74, 6) is -0.138. The Morgan fingerprint density at radius 2 is 2.00 bits per heavy atom. The van der Waals surface area contributed by atoms with E-state index in [1.165, 1.54) is 0 Å². The number of hydrogen-bond acceptors (Lipinski definition) is 3.